The van der Waals surface area contributed by atoms with E-state index in [2.05, 4.69) is 29.8 Å². The molecule has 1 aliphatic heterocycles. The summed E-state index contributed by atoms with van der Waals surface area (Å²) >= 11 is 0. The van der Waals surface area contributed by atoms with Crippen LogP contribution in [0.3, 0.4) is 0 Å². The molecule has 0 bridgehead atoms. The van der Waals surface area contributed by atoms with Gasteiger partial charge in [-0.05, 0) is 71.6 Å². The number of likely N-dealkylation sites (tertiary alicyclic amines) is 1. The van der Waals surface area contributed by atoms with E-state index in [0.717, 1.165) is 13.1 Å². The van der Waals surface area contributed by atoms with Crippen LogP contribution in [-0.4, -0.2) is 40.7 Å². The van der Waals surface area contributed by atoms with Crippen molar-refractivity contribution in [2.75, 3.05) is 18.0 Å². The highest BCUT2D eigenvalue weighted by molar-refractivity contribution is 5.87. The number of amides is 1. The number of piperidine rings is 1. The highest BCUT2D eigenvalue weighted by Crippen LogP contribution is 2.32. The van der Waals surface area contributed by atoms with Crippen LogP contribution in [0.25, 0.3) is 0 Å². The lowest BCUT2D eigenvalue weighted by molar-refractivity contribution is 0.0569. The topological polar surface area (TPSA) is 45.7 Å². The number of hydrogen-bond acceptors (Lipinski definition) is 4. The molecule has 5 heteroatoms. The molecule has 1 fully saturated rings. The van der Waals surface area contributed by atoms with Crippen molar-refractivity contribution in [2.24, 2.45) is 5.92 Å². The first-order chi connectivity index (χ1) is 12.6. The molecule has 0 aromatic carbocycles. The van der Waals surface area contributed by atoms with Crippen LogP contribution < -0.4 is 4.90 Å². The van der Waals surface area contributed by atoms with Crippen LogP contribution in [0.15, 0.2) is 18.3 Å². The van der Waals surface area contributed by atoms with Gasteiger partial charge in [0.15, 0.2) is 0 Å². The van der Waals surface area contributed by atoms with E-state index >= 15 is 0 Å². The highest BCUT2D eigenvalue weighted by atomic mass is 16.6. The van der Waals surface area contributed by atoms with Gasteiger partial charge in [0.05, 0.1) is 0 Å². The molecule has 0 saturated carbocycles. The van der Waals surface area contributed by atoms with E-state index in [1.165, 1.54) is 24.8 Å². The van der Waals surface area contributed by atoms with Crippen molar-refractivity contribution in [2.45, 2.75) is 85.4 Å². The third-order valence-electron chi connectivity index (χ3n) is 4.72. The number of rotatable bonds is 5. The Morgan fingerprint density at radius 3 is 2.48 bits per heavy atom. The van der Waals surface area contributed by atoms with Crippen LogP contribution >= 0.6 is 0 Å². The number of carbonyl (C=O) groups excluding carboxylic acids is 1. The maximum atomic E-state index is 12.6. The number of nitrogens with zero attached hydrogens (tertiary/aromatic N) is 3. The Kier molecular flexibility index (Phi) is 7.26. The van der Waals surface area contributed by atoms with Crippen molar-refractivity contribution >= 4 is 11.9 Å². The first kappa shape index (κ1) is 21.7. The molecule has 27 heavy (non-hydrogen) atoms. The zero-order valence-electron chi connectivity index (χ0n) is 18.2. The zero-order valence-corrected chi connectivity index (χ0v) is 18.2. The summed E-state index contributed by atoms with van der Waals surface area (Å²) in [7, 11) is 0. The Morgan fingerprint density at radius 2 is 1.96 bits per heavy atom. The van der Waals surface area contributed by atoms with Crippen LogP contribution in [0.4, 0.5) is 10.6 Å². The van der Waals surface area contributed by atoms with Gasteiger partial charge >= 0.3 is 6.09 Å². The van der Waals surface area contributed by atoms with E-state index in [1.807, 2.05) is 46.9 Å². The van der Waals surface area contributed by atoms with Gasteiger partial charge in [-0.2, -0.15) is 0 Å². The van der Waals surface area contributed by atoms with E-state index in [0.29, 0.717) is 17.8 Å². The standard InChI is InChI=1S/C22H37N3O2/c1-16(2)15-24-13-9-8-10-19(24)18-11-12-20(23-14-18)25(17(3)4)21(26)27-22(5,6)7/h11-12,14,16-17,19H,8-10,13,15H2,1-7H3/t19-/m1/s1. The number of ether oxygens (including phenoxy) is 1. The first-order valence-electron chi connectivity index (χ1n) is 10.3. The SMILES string of the molecule is CC(C)CN1CCCC[C@@H]1c1ccc(N(C(=O)OC(C)(C)C)C(C)C)nc1. The lowest BCUT2D eigenvalue weighted by atomic mass is 9.95. The van der Waals surface area contributed by atoms with Gasteiger partial charge in [-0.15, -0.1) is 0 Å². The van der Waals surface area contributed by atoms with Gasteiger partial charge in [-0.25, -0.2) is 9.78 Å². The summed E-state index contributed by atoms with van der Waals surface area (Å²) in [5, 5.41) is 0. The molecule has 0 aliphatic carbocycles. The fourth-order valence-electron chi connectivity index (χ4n) is 3.67. The van der Waals surface area contributed by atoms with Crippen molar-refractivity contribution in [3.63, 3.8) is 0 Å². The fourth-order valence-corrected chi connectivity index (χ4v) is 3.67. The first-order valence-corrected chi connectivity index (χ1v) is 10.3. The molecule has 1 saturated heterocycles. The van der Waals surface area contributed by atoms with E-state index in [1.54, 1.807) is 4.90 Å². The van der Waals surface area contributed by atoms with Gasteiger partial charge in [0, 0.05) is 24.8 Å². The van der Waals surface area contributed by atoms with Gasteiger partial charge in [-0.3, -0.25) is 9.80 Å². The second-order valence-corrected chi connectivity index (χ2v) is 9.29. The van der Waals surface area contributed by atoms with Crippen LogP contribution in [0, 0.1) is 5.92 Å². The summed E-state index contributed by atoms with van der Waals surface area (Å²) in [4.78, 5) is 21.5. The molecule has 1 aliphatic rings. The predicted octanol–water partition coefficient (Wildman–Crippen LogP) is 5.41. The third kappa shape index (κ3) is 6.20. The summed E-state index contributed by atoms with van der Waals surface area (Å²) in [6.07, 6.45) is 5.30. The average molecular weight is 376 g/mol. The summed E-state index contributed by atoms with van der Waals surface area (Å²) in [6, 6.07) is 4.49. The van der Waals surface area contributed by atoms with Gasteiger partial charge in [0.1, 0.15) is 11.4 Å². The van der Waals surface area contributed by atoms with E-state index in [-0.39, 0.29) is 12.1 Å². The Bertz CT molecular complexity index is 605. The lowest BCUT2D eigenvalue weighted by Crippen LogP contribution is -2.41. The molecule has 1 atom stereocenters. The summed E-state index contributed by atoms with van der Waals surface area (Å²) in [5.41, 5.74) is 0.718. The second-order valence-electron chi connectivity index (χ2n) is 9.29. The number of anilines is 1. The Labute approximate surface area is 165 Å². The average Bonchev–Trinajstić information content (AvgIpc) is 2.53. The minimum absolute atomic E-state index is 0.0229. The maximum Gasteiger partial charge on any atom is 0.416 e. The minimum atomic E-state index is -0.524. The molecule has 1 aromatic rings. The fraction of sp³-hybridized carbons (Fsp3) is 0.727. The molecule has 2 heterocycles. The lowest BCUT2D eigenvalue weighted by Gasteiger charge is -2.37. The quantitative estimate of drug-likeness (QED) is 0.690. The predicted molar refractivity (Wildman–Crippen MR) is 111 cm³/mol. The normalized spacial score (nSPS) is 18.8. The molecular formula is C22H37N3O2. The Morgan fingerprint density at radius 1 is 1.26 bits per heavy atom. The monoisotopic (exact) mass is 375 g/mol. The van der Waals surface area contributed by atoms with Crippen molar-refractivity contribution in [3.05, 3.63) is 23.9 Å². The van der Waals surface area contributed by atoms with Crippen LogP contribution in [0.2, 0.25) is 0 Å². The van der Waals surface area contributed by atoms with E-state index in [9.17, 15) is 4.79 Å². The number of carbonyl (C=O) groups is 1. The second kappa shape index (κ2) is 9.05. The van der Waals surface area contributed by atoms with Crippen LogP contribution in [0.1, 0.15) is 79.3 Å². The molecule has 152 valence electrons. The van der Waals surface area contributed by atoms with Gasteiger partial charge < -0.3 is 4.74 Å². The molecule has 1 aromatic heterocycles. The number of hydrogen-bond donors (Lipinski definition) is 0. The summed E-state index contributed by atoms with van der Waals surface area (Å²) in [6.45, 7) is 16.4. The molecule has 2 rings (SSSR count). The molecule has 5 nitrogen and oxygen atoms in total. The van der Waals surface area contributed by atoms with Crippen molar-refractivity contribution in [1.82, 2.24) is 9.88 Å². The Hall–Kier alpha value is -1.62. The highest BCUT2D eigenvalue weighted by Gasteiger charge is 2.28. The molecule has 0 spiro atoms. The third-order valence-corrected chi connectivity index (χ3v) is 4.72. The Balaban J connectivity index is 2.19. The molecule has 1 amide bonds. The van der Waals surface area contributed by atoms with Crippen LogP contribution in [0.5, 0.6) is 0 Å². The number of pyridine rings is 1. The van der Waals surface area contributed by atoms with Gasteiger partial charge in [0.25, 0.3) is 0 Å². The molecule has 0 radical (unpaired) electrons. The number of aromatic nitrogens is 1. The molecule has 0 unspecified atom stereocenters. The van der Waals surface area contributed by atoms with Crippen LogP contribution in [-0.2, 0) is 4.74 Å². The van der Waals surface area contributed by atoms with E-state index < -0.39 is 5.60 Å². The van der Waals surface area contributed by atoms with Gasteiger partial charge in [0.2, 0.25) is 0 Å². The largest absolute Gasteiger partial charge is 0.443 e. The summed E-state index contributed by atoms with van der Waals surface area (Å²) < 4.78 is 5.56. The maximum absolute atomic E-state index is 12.6. The van der Waals surface area contributed by atoms with Crippen molar-refractivity contribution < 1.29 is 9.53 Å². The smallest absolute Gasteiger partial charge is 0.416 e. The summed E-state index contributed by atoms with van der Waals surface area (Å²) in [5.74, 6) is 1.30. The van der Waals surface area contributed by atoms with Crippen molar-refractivity contribution in [1.29, 1.82) is 0 Å². The molecular weight excluding hydrogens is 338 g/mol. The van der Waals surface area contributed by atoms with Gasteiger partial charge in [-0.1, -0.05) is 26.3 Å². The zero-order chi connectivity index (χ0) is 20.2. The molecule has 0 N–H and O–H groups in total. The minimum Gasteiger partial charge on any atom is -0.443 e. The van der Waals surface area contributed by atoms with Crippen molar-refractivity contribution in [3.8, 4) is 0 Å². The van der Waals surface area contributed by atoms with E-state index in [4.69, 9.17) is 4.74 Å².